The largest absolute Gasteiger partial charge is 0.449 e. The molecule has 3 unspecified atom stereocenters. The minimum Gasteiger partial charge on any atom is -0.449 e. The van der Waals surface area contributed by atoms with Gasteiger partial charge in [0.1, 0.15) is 5.60 Å². The average Bonchev–Trinajstić information content (AvgIpc) is 2.87. The molecule has 6 nitrogen and oxygen atoms in total. The standard InChI is InChI=1S/C13H12O6/c14-8-9(15)12(17)19-11(8)13(18)7(10(13)16)6-4-2-1-3-5-6/h1-5,7,9-11,15-16,18H/t7?,9?,10?,11-,13-/m0/s1. The number of cyclic esters (lactones) is 1. The first kappa shape index (κ1) is 12.3. The summed E-state index contributed by atoms with van der Waals surface area (Å²) in [6.45, 7) is 0. The van der Waals surface area contributed by atoms with Crippen molar-refractivity contribution in [3.8, 4) is 0 Å². The van der Waals surface area contributed by atoms with Crippen LogP contribution in [0.15, 0.2) is 30.3 Å². The van der Waals surface area contributed by atoms with E-state index < -0.39 is 41.6 Å². The summed E-state index contributed by atoms with van der Waals surface area (Å²) in [6, 6.07) is 8.64. The molecule has 5 atom stereocenters. The van der Waals surface area contributed by atoms with Crippen LogP contribution in [-0.4, -0.2) is 51.0 Å². The summed E-state index contributed by atoms with van der Waals surface area (Å²) in [7, 11) is 0. The highest BCUT2D eigenvalue weighted by Gasteiger charge is 2.73. The maximum absolute atomic E-state index is 11.7. The van der Waals surface area contributed by atoms with E-state index in [0.717, 1.165) is 0 Å². The molecule has 3 rings (SSSR count). The Morgan fingerprint density at radius 3 is 2.26 bits per heavy atom. The lowest BCUT2D eigenvalue weighted by Crippen LogP contribution is -2.39. The molecule has 6 heteroatoms. The molecule has 2 fully saturated rings. The lowest BCUT2D eigenvalue weighted by Gasteiger charge is -2.15. The molecule has 1 aliphatic carbocycles. The summed E-state index contributed by atoms with van der Waals surface area (Å²) in [5.74, 6) is -2.71. The van der Waals surface area contributed by atoms with Crippen molar-refractivity contribution in [1.82, 2.24) is 0 Å². The van der Waals surface area contributed by atoms with Gasteiger partial charge >= 0.3 is 5.97 Å². The minimum absolute atomic E-state index is 0.641. The van der Waals surface area contributed by atoms with Gasteiger partial charge in [-0.15, -0.1) is 0 Å². The molecular formula is C13H12O6. The molecule has 1 heterocycles. The van der Waals surface area contributed by atoms with Gasteiger partial charge in [-0.05, 0) is 5.56 Å². The van der Waals surface area contributed by atoms with E-state index in [-0.39, 0.29) is 0 Å². The van der Waals surface area contributed by atoms with Gasteiger partial charge in [0.15, 0.2) is 6.10 Å². The Morgan fingerprint density at radius 1 is 1.11 bits per heavy atom. The SMILES string of the molecule is O=C1O[C@H]([C@@]2(O)C(O)C2c2ccccc2)C(=O)C1O. The molecule has 1 aromatic rings. The fourth-order valence-corrected chi connectivity index (χ4v) is 2.62. The first-order chi connectivity index (χ1) is 8.98. The Morgan fingerprint density at radius 2 is 1.74 bits per heavy atom. The second kappa shape index (κ2) is 3.86. The van der Waals surface area contributed by atoms with Crippen molar-refractivity contribution in [3.63, 3.8) is 0 Å². The van der Waals surface area contributed by atoms with Gasteiger partial charge in [-0.1, -0.05) is 30.3 Å². The second-order valence-electron chi connectivity index (χ2n) is 4.84. The number of Topliss-reactive ketones (excluding diaryl/α,β-unsaturated/α-hetero) is 1. The Balaban J connectivity index is 1.90. The van der Waals surface area contributed by atoms with E-state index >= 15 is 0 Å². The summed E-state index contributed by atoms with van der Waals surface area (Å²) in [5, 5.41) is 29.5. The Kier molecular flexibility index (Phi) is 2.50. The summed E-state index contributed by atoms with van der Waals surface area (Å²) < 4.78 is 4.69. The fourth-order valence-electron chi connectivity index (χ4n) is 2.62. The molecule has 1 aromatic carbocycles. The zero-order valence-corrected chi connectivity index (χ0v) is 9.76. The van der Waals surface area contributed by atoms with E-state index in [2.05, 4.69) is 4.74 Å². The zero-order valence-electron chi connectivity index (χ0n) is 9.76. The predicted molar refractivity (Wildman–Crippen MR) is 61.0 cm³/mol. The molecule has 1 saturated heterocycles. The average molecular weight is 264 g/mol. The van der Waals surface area contributed by atoms with Crippen molar-refractivity contribution in [2.75, 3.05) is 0 Å². The lowest BCUT2D eigenvalue weighted by atomic mass is 10.0. The van der Waals surface area contributed by atoms with Crippen molar-refractivity contribution in [1.29, 1.82) is 0 Å². The molecule has 1 aliphatic heterocycles. The van der Waals surface area contributed by atoms with Gasteiger partial charge in [-0.3, -0.25) is 4.79 Å². The first-order valence-electron chi connectivity index (χ1n) is 5.85. The molecule has 0 radical (unpaired) electrons. The molecule has 0 amide bonds. The van der Waals surface area contributed by atoms with E-state index in [1.807, 2.05) is 0 Å². The molecule has 1 saturated carbocycles. The van der Waals surface area contributed by atoms with Gasteiger partial charge in [0.2, 0.25) is 11.9 Å². The van der Waals surface area contributed by atoms with Crippen molar-refractivity contribution in [2.45, 2.75) is 29.8 Å². The molecule has 0 bridgehead atoms. The summed E-state index contributed by atoms with van der Waals surface area (Å²) in [4.78, 5) is 22.8. The second-order valence-corrected chi connectivity index (χ2v) is 4.84. The van der Waals surface area contributed by atoms with Gasteiger partial charge in [0.05, 0.1) is 6.10 Å². The number of aliphatic hydroxyl groups excluding tert-OH is 2. The Labute approximate surface area is 108 Å². The van der Waals surface area contributed by atoms with Crippen LogP contribution >= 0.6 is 0 Å². The number of esters is 1. The van der Waals surface area contributed by atoms with E-state index in [0.29, 0.717) is 5.56 Å². The quantitative estimate of drug-likeness (QED) is 0.454. The number of hydrogen-bond donors (Lipinski definition) is 3. The number of hydrogen-bond acceptors (Lipinski definition) is 6. The highest BCUT2D eigenvalue weighted by atomic mass is 16.6. The Bertz CT molecular complexity index is 541. The van der Waals surface area contributed by atoms with Crippen molar-refractivity contribution >= 4 is 11.8 Å². The van der Waals surface area contributed by atoms with Crippen LogP contribution in [0.25, 0.3) is 0 Å². The first-order valence-corrected chi connectivity index (χ1v) is 5.85. The molecule has 0 aromatic heterocycles. The fraction of sp³-hybridized carbons (Fsp3) is 0.385. The summed E-state index contributed by atoms with van der Waals surface area (Å²) in [6.07, 6.45) is -4.60. The monoisotopic (exact) mass is 264 g/mol. The van der Waals surface area contributed by atoms with Crippen LogP contribution in [0.3, 0.4) is 0 Å². The molecule has 3 N–H and O–H groups in total. The van der Waals surface area contributed by atoms with Crippen LogP contribution < -0.4 is 0 Å². The number of benzene rings is 1. The number of carbonyl (C=O) groups is 2. The van der Waals surface area contributed by atoms with Gasteiger partial charge in [-0.25, -0.2) is 4.79 Å². The van der Waals surface area contributed by atoms with Crippen molar-refractivity contribution in [2.24, 2.45) is 0 Å². The van der Waals surface area contributed by atoms with Crippen molar-refractivity contribution in [3.05, 3.63) is 35.9 Å². The van der Waals surface area contributed by atoms with Crippen molar-refractivity contribution < 1.29 is 29.6 Å². The third-order valence-electron chi connectivity index (χ3n) is 3.74. The normalized spacial score (nSPS) is 41.2. The van der Waals surface area contributed by atoms with E-state index in [1.54, 1.807) is 30.3 Å². The summed E-state index contributed by atoms with van der Waals surface area (Å²) in [5.41, 5.74) is -1.21. The smallest absolute Gasteiger partial charge is 0.343 e. The van der Waals surface area contributed by atoms with E-state index in [4.69, 9.17) is 0 Å². The van der Waals surface area contributed by atoms with Crippen LogP contribution in [0.4, 0.5) is 0 Å². The number of aliphatic hydroxyl groups is 3. The van der Waals surface area contributed by atoms with Crippen LogP contribution in [0, 0.1) is 0 Å². The number of ether oxygens (including phenoxy) is 1. The zero-order chi connectivity index (χ0) is 13.8. The van der Waals surface area contributed by atoms with Crippen LogP contribution in [-0.2, 0) is 14.3 Å². The molecule has 19 heavy (non-hydrogen) atoms. The highest BCUT2D eigenvalue weighted by molar-refractivity contribution is 6.10. The van der Waals surface area contributed by atoms with Gasteiger partial charge < -0.3 is 20.1 Å². The molecule has 0 spiro atoms. The van der Waals surface area contributed by atoms with Crippen LogP contribution in [0.1, 0.15) is 11.5 Å². The van der Waals surface area contributed by atoms with E-state index in [1.165, 1.54) is 0 Å². The van der Waals surface area contributed by atoms with Crippen LogP contribution in [0.2, 0.25) is 0 Å². The lowest BCUT2D eigenvalue weighted by molar-refractivity contribution is -0.153. The third-order valence-corrected chi connectivity index (χ3v) is 3.74. The van der Waals surface area contributed by atoms with Gasteiger partial charge in [-0.2, -0.15) is 0 Å². The predicted octanol–water partition coefficient (Wildman–Crippen LogP) is -1.27. The number of ketones is 1. The maximum Gasteiger partial charge on any atom is 0.343 e. The van der Waals surface area contributed by atoms with Crippen LogP contribution in [0.5, 0.6) is 0 Å². The maximum atomic E-state index is 11.7. The topological polar surface area (TPSA) is 104 Å². The van der Waals surface area contributed by atoms with Gasteiger partial charge in [0.25, 0.3) is 0 Å². The third kappa shape index (κ3) is 1.54. The highest BCUT2D eigenvalue weighted by Crippen LogP contribution is 2.55. The molecular weight excluding hydrogens is 252 g/mol. The minimum atomic E-state index is -1.88. The molecule has 100 valence electrons. The number of carbonyl (C=O) groups excluding carboxylic acids is 2. The molecule has 2 aliphatic rings. The Hall–Kier alpha value is -1.76. The number of rotatable bonds is 2. The van der Waals surface area contributed by atoms with Gasteiger partial charge in [0, 0.05) is 5.92 Å². The summed E-state index contributed by atoms with van der Waals surface area (Å²) >= 11 is 0. The van der Waals surface area contributed by atoms with E-state index in [9.17, 15) is 24.9 Å².